The average molecular weight is 295 g/mol. The van der Waals surface area contributed by atoms with Crippen LogP contribution >= 0.6 is 0 Å². The average Bonchev–Trinajstić information content (AvgIpc) is 3.26. The lowest BCUT2D eigenvalue weighted by Gasteiger charge is -2.21. The number of ether oxygens (including phenoxy) is 1. The summed E-state index contributed by atoms with van der Waals surface area (Å²) in [6.45, 7) is 0.804. The fourth-order valence-corrected chi connectivity index (χ4v) is 2.13. The van der Waals surface area contributed by atoms with Gasteiger partial charge in [-0.3, -0.25) is 9.59 Å². The molecule has 0 atom stereocenters. The first kappa shape index (κ1) is 15.3. The van der Waals surface area contributed by atoms with Gasteiger partial charge in [0.2, 0.25) is 5.91 Å². The lowest BCUT2D eigenvalue weighted by atomic mass is 10.1. The van der Waals surface area contributed by atoms with Gasteiger partial charge in [-0.1, -0.05) is 0 Å². The van der Waals surface area contributed by atoms with Crippen molar-refractivity contribution in [3.63, 3.8) is 0 Å². The molecule has 21 heavy (non-hydrogen) atoms. The van der Waals surface area contributed by atoms with E-state index in [-0.39, 0.29) is 11.7 Å². The second-order valence-corrected chi connectivity index (χ2v) is 5.27. The fraction of sp³-hybridized carbons (Fsp3) is 0.467. The van der Waals surface area contributed by atoms with E-state index in [9.17, 15) is 14.0 Å². The Bertz CT molecular complexity index is 525. The number of carboxylic acids is 1. The molecule has 1 saturated carbocycles. The molecule has 1 amide bonds. The van der Waals surface area contributed by atoms with E-state index in [1.54, 1.807) is 7.05 Å². The van der Waals surface area contributed by atoms with Crippen LogP contribution in [-0.4, -0.2) is 42.1 Å². The van der Waals surface area contributed by atoms with Crippen molar-refractivity contribution in [3.8, 4) is 5.75 Å². The molecule has 2 rings (SSSR count). The van der Waals surface area contributed by atoms with Gasteiger partial charge in [0.05, 0.1) is 6.61 Å². The molecule has 1 fully saturated rings. The summed E-state index contributed by atoms with van der Waals surface area (Å²) < 4.78 is 18.1. The van der Waals surface area contributed by atoms with E-state index in [2.05, 4.69) is 0 Å². The summed E-state index contributed by atoms with van der Waals surface area (Å²) in [5.41, 5.74) is -1.19. The van der Waals surface area contributed by atoms with Crippen LogP contribution in [0.15, 0.2) is 24.3 Å². The molecule has 0 bridgehead atoms. The molecule has 0 aromatic heterocycles. The molecule has 1 aliphatic carbocycles. The van der Waals surface area contributed by atoms with Gasteiger partial charge in [-0.15, -0.1) is 0 Å². The quantitative estimate of drug-likeness (QED) is 0.616. The molecule has 0 spiro atoms. The summed E-state index contributed by atoms with van der Waals surface area (Å²) in [6, 6.07) is 5.70. The third-order valence-electron chi connectivity index (χ3n) is 3.64. The molecule has 1 aliphatic rings. The summed E-state index contributed by atoms with van der Waals surface area (Å²) in [4.78, 5) is 24.5. The monoisotopic (exact) mass is 295 g/mol. The zero-order valence-corrected chi connectivity index (χ0v) is 11.8. The summed E-state index contributed by atoms with van der Waals surface area (Å²) in [7, 11) is 1.60. The third-order valence-corrected chi connectivity index (χ3v) is 3.64. The van der Waals surface area contributed by atoms with Crippen LogP contribution in [0.5, 0.6) is 5.75 Å². The smallest absolute Gasteiger partial charge is 0.319 e. The van der Waals surface area contributed by atoms with Crippen molar-refractivity contribution in [1.82, 2.24) is 4.90 Å². The largest absolute Gasteiger partial charge is 0.494 e. The van der Waals surface area contributed by atoms with Crippen LogP contribution in [0.4, 0.5) is 4.39 Å². The Morgan fingerprint density at radius 3 is 2.48 bits per heavy atom. The van der Waals surface area contributed by atoms with Crippen molar-refractivity contribution in [2.45, 2.75) is 19.3 Å². The van der Waals surface area contributed by atoms with E-state index in [0.29, 0.717) is 38.2 Å². The van der Waals surface area contributed by atoms with E-state index in [4.69, 9.17) is 9.84 Å². The van der Waals surface area contributed by atoms with Gasteiger partial charge in [-0.25, -0.2) is 4.39 Å². The highest BCUT2D eigenvalue weighted by molar-refractivity contribution is 6.04. The SMILES string of the molecule is CN(CCCOc1ccc(F)cc1)C(=O)C1(C(=O)O)CC1. The predicted molar refractivity (Wildman–Crippen MR) is 73.5 cm³/mol. The molecule has 1 aromatic carbocycles. The second kappa shape index (κ2) is 6.11. The second-order valence-electron chi connectivity index (χ2n) is 5.27. The Morgan fingerprint density at radius 2 is 1.95 bits per heavy atom. The van der Waals surface area contributed by atoms with Gasteiger partial charge in [-0.05, 0) is 43.5 Å². The molecule has 0 radical (unpaired) electrons. The number of rotatable bonds is 7. The maximum atomic E-state index is 12.7. The number of hydrogen-bond donors (Lipinski definition) is 1. The van der Waals surface area contributed by atoms with Gasteiger partial charge in [0, 0.05) is 13.6 Å². The zero-order valence-electron chi connectivity index (χ0n) is 11.8. The number of halogens is 1. The zero-order chi connectivity index (χ0) is 15.5. The first-order chi connectivity index (χ1) is 9.95. The molecule has 1 N–H and O–H groups in total. The highest BCUT2D eigenvalue weighted by Gasteiger charge is 2.58. The van der Waals surface area contributed by atoms with Gasteiger partial charge in [0.25, 0.3) is 0 Å². The molecule has 0 saturated heterocycles. The van der Waals surface area contributed by atoms with Gasteiger partial charge in [-0.2, -0.15) is 0 Å². The van der Waals surface area contributed by atoms with Crippen LogP contribution in [0.3, 0.4) is 0 Å². The Hall–Kier alpha value is -2.11. The topological polar surface area (TPSA) is 66.8 Å². The number of carboxylic acid groups (broad SMARTS) is 1. The van der Waals surface area contributed by atoms with Crippen molar-refractivity contribution in [1.29, 1.82) is 0 Å². The van der Waals surface area contributed by atoms with Gasteiger partial charge in [0.15, 0.2) is 0 Å². The first-order valence-electron chi connectivity index (χ1n) is 6.83. The Labute approximate surface area is 122 Å². The van der Waals surface area contributed by atoms with Crippen LogP contribution < -0.4 is 4.74 Å². The lowest BCUT2D eigenvalue weighted by Crippen LogP contribution is -2.39. The Morgan fingerprint density at radius 1 is 1.33 bits per heavy atom. The van der Waals surface area contributed by atoms with Crippen LogP contribution in [0, 0.1) is 11.2 Å². The van der Waals surface area contributed by atoms with Gasteiger partial charge in [0.1, 0.15) is 17.0 Å². The van der Waals surface area contributed by atoms with Crippen LogP contribution in [-0.2, 0) is 9.59 Å². The number of amides is 1. The van der Waals surface area contributed by atoms with E-state index in [0.717, 1.165) is 0 Å². The molecule has 114 valence electrons. The Balaban J connectivity index is 1.72. The summed E-state index contributed by atoms with van der Waals surface area (Å²) in [5.74, 6) is -1.13. The Kier molecular flexibility index (Phi) is 4.45. The summed E-state index contributed by atoms with van der Waals surface area (Å²) in [5, 5.41) is 9.06. The standard InChI is InChI=1S/C15H18FNO4/c1-17(13(18)15(7-8-15)14(19)20)9-2-10-21-12-5-3-11(16)4-6-12/h3-6H,2,7-10H2,1H3,(H,19,20). The minimum absolute atomic E-state index is 0.323. The van der Waals surface area contributed by atoms with Crippen molar-refractivity contribution >= 4 is 11.9 Å². The molecule has 6 heteroatoms. The number of aliphatic carboxylic acids is 1. The molecule has 0 heterocycles. The van der Waals surface area contributed by atoms with Crippen molar-refractivity contribution < 1.29 is 23.8 Å². The molecule has 5 nitrogen and oxygen atoms in total. The van der Waals surface area contributed by atoms with Gasteiger partial charge >= 0.3 is 5.97 Å². The van der Waals surface area contributed by atoms with Crippen LogP contribution in [0.1, 0.15) is 19.3 Å². The molecule has 0 aliphatic heterocycles. The van der Waals surface area contributed by atoms with E-state index < -0.39 is 11.4 Å². The molecule has 1 aromatic rings. The van der Waals surface area contributed by atoms with E-state index in [1.165, 1.54) is 29.2 Å². The highest BCUT2D eigenvalue weighted by atomic mass is 19.1. The minimum atomic E-state index is -1.19. The minimum Gasteiger partial charge on any atom is -0.494 e. The van der Waals surface area contributed by atoms with Crippen molar-refractivity contribution in [2.75, 3.05) is 20.2 Å². The summed E-state index contributed by atoms with van der Waals surface area (Å²) >= 11 is 0. The number of carbonyl (C=O) groups is 2. The molecular weight excluding hydrogens is 277 g/mol. The van der Waals surface area contributed by atoms with E-state index >= 15 is 0 Å². The van der Waals surface area contributed by atoms with E-state index in [1.807, 2.05) is 0 Å². The van der Waals surface area contributed by atoms with Crippen molar-refractivity contribution in [2.24, 2.45) is 5.41 Å². The highest BCUT2D eigenvalue weighted by Crippen LogP contribution is 2.47. The number of carbonyl (C=O) groups excluding carboxylic acids is 1. The van der Waals surface area contributed by atoms with Crippen molar-refractivity contribution in [3.05, 3.63) is 30.1 Å². The number of nitrogens with zero attached hydrogens (tertiary/aromatic N) is 1. The maximum absolute atomic E-state index is 12.7. The third kappa shape index (κ3) is 3.51. The normalized spacial score (nSPS) is 15.3. The van der Waals surface area contributed by atoms with Gasteiger partial charge < -0.3 is 14.7 Å². The fourth-order valence-electron chi connectivity index (χ4n) is 2.13. The lowest BCUT2D eigenvalue weighted by molar-refractivity contribution is -0.152. The number of benzene rings is 1. The van der Waals surface area contributed by atoms with Crippen LogP contribution in [0.25, 0.3) is 0 Å². The molecular formula is C15H18FNO4. The number of hydrogen-bond acceptors (Lipinski definition) is 3. The maximum Gasteiger partial charge on any atom is 0.319 e. The first-order valence-corrected chi connectivity index (χ1v) is 6.83. The summed E-state index contributed by atoms with van der Waals surface area (Å²) in [6.07, 6.45) is 1.41. The van der Waals surface area contributed by atoms with Crippen LogP contribution in [0.2, 0.25) is 0 Å². The predicted octanol–water partition coefficient (Wildman–Crippen LogP) is 1.92. The molecule has 0 unspecified atom stereocenters.